The normalized spacial score (nSPS) is 15.8. The van der Waals surface area contributed by atoms with E-state index in [1.54, 1.807) is 12.4 Å². The molecule has 1 atom stereocenters. The third-order valence-electron chi connectivity index (χ3n) is 4.90. The molecule has 5 heteroatoms. The number of aryl methyl sites for hydroxylation is 1. The molecule has 5 rings (SSSR count). The van der Waals surface area contributed by atoms with Crippen molar-refractivity contribution >= 4 is 11.0 Å². The van der Waals surface area contributed by atoms with Crippen molar-refractivity contribution in [2.24, 2.45) is 0 Å². The van der Waals surface area contributed by atoms with Crippen LogP contribution < -0.4 is 9.47 Å². The Morgan fingerprint density at radius 2 is 1.81 bits per heavy atom. The summed E-state index contributed by atoms with van der Waals surface area (Å²) >= 11 is 0. The number of aromatic nitrogens is 3. The molecule has 0 N–H and O–H groups in total. The van der Waals surface area contributed by atoms with Crippen LogP contribution in [0.5, 0.6) is 11.5 Å². The predicted octanol–water partition coefficient (Wildman–Crippen LogP) is 4.63. The Morgan fingerprint density at radius 3 is 2.63 bits per heavy atom. The minimum Gasteiger partial charge on any atom is -0.485 e. The van der Waals surface area contributed by atoms with Crippen molar-refractivity contribution in [3.8, 4) is 22.6 Å². The number of hydrogen-bond acceptors (Lipinski definition) is 4. The van der Waals surface area contributed by atoms with Crippen LogP contribution >= 0.6 is 0 Å². The zero-order valence-electron chi connectivity index (χ0n) is 15.0. The van der Waals surface area contributed by atoms with Gasteiger partial charge in [-0.2, -0.15) is 0 Å². The first-order valence-electron chi connectivity index (χ1n) is 9.12. The lowest BCUT2D eigenvalue weighted by molar-refractivity contribution is 0.0829. The number of para-hydroxylation sites is 2. The van der Waals surface area contributed by atoms with Gasteiger partial charge >= 0.3 is 0 Å². The van der Waals surface area contributed by atoms with Gasteiger partial charge in [0.25, 0.3) is 0 Å². The largest absolute Gasteiger partial charge is 0.485 e. The first-order valence-corrected chi connectivity index (χ1v) is 9.12. The highest BCUT2D eigenvalue weighted by atomic mass is 16.6. The molecule has 134 valence electrons. The molecule has 4 aromatic rings. The Labute approximate surface area is 157 Å². The quantitative estimate of drug-likeness (QED) is 0.536. The fourth-order valence-corrected chi connectivity index (χ4v) is 3.60. The molecule has 0 saturated heterocycles. The van der Waals surface area contributed by atoms with E-state index in [1.165, 1.54) is 0 Å². The van der Waals surface area contributed by atoms with Crippen LogP contribution in [0.1, 0.15) is 18.9 Å². The van der Waals surface area contributed by atoms with Crippen molar-refractivity contribution in [2.45, 2.75) is 19.6 Å². The number of pyridine rings is 1. The summed E-state index contributed by atoms with van der Waals surface area (Å²) in [4.78, 5) is 9.00. The number of rotatable bonds is 3. The van der Waals surface area contributed by atoms with Gasteiger partial charge in [0.05, 0.1) is 11.0 Å². The van der Waals surface area contributed by atoms with E-state index in [9.17, 15) is 0 Å². The molecule has 1 aliphatic heterocycles. The predicted molar refractivity (Wildman–Crippen MR) is 104 cm³/mol. The van der Waals surface area contributed by atoms with Crippen molar-refractivity contribution in [2.75, 3.05) is 6.61 Å². The molecule has 0 saturated carbocycles. The van der Waals surface area contributed by atoms with E-state index < -0.39 is 0 Å². The molecule has 0 aliphatic carbocycles. The van der Waals surface area contributed by atoms with E-state index in [0.29, 0.717) is 6.61 Å². The summed E-state index contributed by atoms with van der Waals surface area (Å²) in [6.07, 6.45) is 3.39. The third-order valence-corrected chi connectivity index (χ3v) is 4.90. The van der Waals surface area contributed by atoms with Gasteiger partial charge in [0, 0.05) is 18.9 Å². The maximum atomic E-state index is 6.19. The summed E-state index contributed by atoms with van der Waals surface area (Å²) in [6.45, 7) is 3.40. The number of benzene rings is 2. The zero-order chi connectivity index (χ0) is 18.2. The molecular formula is C22H19N3O2. The van der Waals surface area contributed by atoms with Crippen LogP contribution in [0.4, 0.5) is 0 Å². The average molecular weight is 357 g/mol. The lowest BCUT2D eigenvalue weighted by Gasteiger charge is -2.26. The van der Waals surface area contributed by atoms with Gasteiger partial charge < -0.3 is 14.0 Å². The zero-order valence-corrected chi connectivity index (χ0v) is 15.0. The summed E-state index contributed by atoms with van der Waals surface area (Å²) in [5.74, 6) is 2.45. The Morgan fingerprint density at radius 1 is 1.00 bits per heavy atom. The second-order valence-corrected chi connectivity index (χ2v) is 6.52. The van der Waals surface area contributed by atoms with Crippen molar-refractivity contribution in [1.29, 1.82) is 0 Å². The van der Waals surface area contributed by atoms with E-state index >= 15 is 0 Å². The Balaban J connectivity index is 1.57. The smallest absolute Gasteiger partial charge is 0.190 e. The average Bonchev–Trinajstić information content (AvgIpc) is 3.12. The Kier molecular flexibility index (Phi) is 3.78. The number of hydrogen-bond donors (Lipinski definition) is 0. The van der Waals surface area contributed by atoms with Crippen LogP contribution in [0, 0.1) is 0 Å². The first kappa shape index (κ1) is 15.9. The highest BCUT2D eigenvalue weighted by Crippen LogP contribution is 2.36. The molecule has 0 fully saturated rings. The standard InChI is InChI=1S/C22H19N3O2/c1-2-25-18-8-7-16(15-9-11-23-12-10-15)13-17(18)24-22(25)21-14-26-19-5-3-4-6-20(19)27-21/h3-13,21H,2,14H2,1H3. The minimum absolute atomic E-state index is 0.225. The summed E-state index contributed by atoms with van der Waals surface area (Å²) < 4.78 is 14.3. The highest BCUT2D eigenvalue weighted by molar-refractivity contribution is 5.82. The summed E-state index contributed by atoms with van der Waals surface area (Å²) in [5.41, 5.74) is 4.32. The van der Waals surface area contributed by atoms with E-state index in [1.807, 2.05) is 36.4 Å². The Bertz CT molecular complexity index is 1110. The van der Waals surface area contributed by atoms with Crippen LogP contribution in [0.2, 0.25) is 0 Å². The topological polar surface area (TPSA) is 49.2 Å². The maximum absolute atomic E-state index is 6.19. The molecule has 0 radical (unpaired) electrons. The van der Waals surface area contributed by atoms with E-state index in [-0.39, 0.29) is 6.10 Å². The van der Waals surface area contributed by atoms with Gasteiger partial charge in [-0.1, -0.05) is 18.2 Å². The van der Waals surface area contributed by atoms with Crippen LogP contribution in [0.25, 0.3) is 22.2 Å². The van der Waals surface area contributed by atoms with Crippen molar-refractivity contribution in [1.82, 2.24) is 14.5 Å². The summed E-state index contributed by atoms with van der Waals surface area (Å²) in [7, 11) is 0. The molecule has 2 aromatic carbocycles. The summed E-state index contributed by atoms with van der Waals surface area (Å²) in [5, 5.41) is 0. The molecule has 1 unspecified atom stereocenters. The number of ether oxygens (including phenoxy) is 2. The van der Waals surface area contributed by atoms with E-state index in [4.69, 9.17) is 14.5 Å². The molecule has 2 aromatic heterocycles. The van der Waals surface area contributed by atoms with Gasteiger partial charge in [0.1, 0.15) is 6.61 Å². The minimum atomic E-state index is -0.225. The van der Waals surface area contributed by atoms with Gasteiger partial charge in [0.2, 0.25) is 0 Å². The third kappa shape index (κ3) is 2.72. The number of nitrogens with zero attached hydrogens (tertiary/aromatic N) is 3. The van der Waals surface area contributed by atoms with Gasteiger partial charge in [-0.15, -0.1) is 0 Å². The molecule has 5 nitrogen and oxygen atoms in total. The summed E-state index contributed by atoms with van der Waals surface area (Å²) in [6, 6.07) is 18.2. The highest BCUT2D eigenvalue weighted by Gasteiger charge is 2.27. The fraction of sp³-hybridized carbons (Fsp3) is 0.182. The van der Waals surface area contributed by atoms with Crippen molar-refractivity contribution in [3.63, 3.8) is 0 Å². The first-order chi connectivity index (χ1) is 13.3. The molecular weight excluding hydrogens is 338 g/mol. The lowest BCUT2D eigenvalue weighted by atomic mass is 10.1. The molecule has 3 heterocycles. The molecule has 0 spiro atoms. The van der Waals surface area contributed by atoms with E-state index in [0.717, 1.165) is 46.0 Å². The van der Waals surface area contributed by atoms with Crippen molar-refractivity contribution in [3.05, 3.63) is 72.8 Å². The molecule has 1 aliphatic rings. The monoisotopic (exact) mass is 357 g/mol. The van der Waals surface area contributed by atoms with E-state index in [2.05, 4.69) is 34.7 Å². The van der Waals surface area contributed by atoms with Gasteiger partial charge in [-0.25, -0.2) is 4.98 Å². The van der Waals surface area contributed by atoms with Gasteiger partial charge in [-0.05, 0) is 54.4 Å². The number of fused-ring (bicyclic) bond motifs is 2. The molecule has 0 amide bonds. The number of imidazole rings is 1. The second kappa shape index (κ2) is 6.43. The van der Waals surface area contributed by atoms with Crippen LogP contribution in [0.3, 0.4) is 0 Å². The Hall–Kier alpha value is -3.34. The SMILES string of the molecule is CCn1c(C2COc3ccccc3O2)nc2cc(-c3ccncc3)ccc21. The van der Waals surface area contributed by atoms with Crippen LogP contribution in [-0.2, 0) is 6.54 Å². The van der Waals surface area contributed by atoms with Crippen LogP contribution in [0.15, 0.2) is 67.0 Å². The maximum Gasteiger partial charge on any atom is 0.190 e. The molecule has 27 heavy (non-hydrogen) atoms. The van der Waals surface area contributed by atoms with Gasteiger partial charge in [-0.3, -0.25) is 4.98 Å². The lowest BCUT2D eigenvalue weighted by Crippen LogP contribution is -2.24. The van der Waals surface area contributed by atoms with Crippen molar-refractivity contribution < 1.29 is 9.47 Å². The van der Waals surface area contributed by atoms with Crippen LogP contribution in [-0.4, -0.2) is 21.1 Å². The molecule has 0 bridgehead atoms. The van der Waals surface area contributed by atoms with Gasteiger partial charge in [0.15, 0.2) is 23.4 Å². The second-order valence-electron chi connectivity index (χ2n) is 6.52. The fourth-order valence-electron chi connectivity index (χ4n) is 3.60.